The molecule has 1 aromatic heterocycles. The minimum atomic E-state index is 0.401. The molecule has 0 aliphatic rings. The second-order valence-corrected chi connectivity index (χ2v) is 5.05. The Morgan fingerprint density at radius 2 is 1.76 bits per heavy atom. The van der Waals surface area contributed by atoms with Crippen LogP contribution in [0.4, 0.5) is 0 Å². The Labute approximate surface area is 122 Å². The van der Waals surface area contributed by atoms with Crippen molar-refractivity contribution in [3.8, 4) is 17.8 Å². The van der Waals surface area contributed by atoms with Gasteiger partial charge in [0, 0.05) is 12.1 Å². The van der Waals surface area contributed by atoms with Gasteiger partial charge in [-0.15, -0.1) is 0 Å². The SMILES string of the molecule is Cc1cccc(-n2c[n+](C)c3cc(C#N)c(C#N)cc32)c1. The van der Waals surface area contributed by atoms with Crippen molar-refractivity contribution in [2.24, 2.45) is 7.05 Å². The molecular formula is C17H13N4+. The smallest absolute Gasteiger partial charge is 0.232 e. The highest BCUT2D eigenvalue weighted by Gasteiger charge is 2.18. The Balaban J connectivity index is 2.36. The first-order chi connectivity index (χ1) is 10.1. The predicted molar refractivity (Wildman–Crippen MR) is 78.6 cm³/mol. The summed E-state index contributed by atoms with van der Waals surface area (Å²) in [5, 5.41) is 18.3. The first kappa shape index (κ1) is 12.9. The summed E-state index contributed by atoms with van der Waals surface area (Å²) in [6, 6.07) is 15.9. The first-order valence-electron chi connectivity index (χ1n) is 6.56. The molecule has 21 heavy (non-hydrogen) atoms. The van der Waals surface area contributed by atoms with Crippen molar-refractivity contribution in [3.05, 3.63) is 59.4 Å². The molecule has 100 valence electrons. The van der Waals surface area contributed by atoms with Gasteiger partial charge >= 0.3 is 0 Å². The summed E-state index contributed by atoms with van der Waals surface area (Å²) in [6.45, 7) is 2.05. The number of benzene rings is 2. The Hall–Kier alpha value is -3.11. The fraction of sp³-hybridized carbons (Fsp3) is 0.118. The quantitative estimate of drug-likeness (QED) is 0.640. The van der Waals surface area contributed by atoms with Crippen LogP contribution in [0.3, 0.4) is 0 Å². The molecule has 0 saturated heterocycles. The van der Waals surface area contributed by atoms with Crippen LogP contribution < -0.4 is 4.57 Å². The van der Waals surface area contributed by atoms with E-state index in [-0.39, 0.29) is 0 Å². The Morgan fingerprint density at radius 1 is 1.05 bits per heavy atom. The van der Waals surface area contributed by atoms with Crippen molar-refractivity contribution < 1.29 is 4.57 Å². The molecule has 1 heterocycles. The van der Waals surface area contributed by atoms with Crippen molar-refractivity contribution in [1.29, 1.82) is 10.5 Å². The molecule has 0 aliphatic heterocycles. The van der Waals surface area contributed by atoms with Gasteiger partial charge in [-0.2, -0.15) is 15.1 Å². The molecular weight excluding hydrogens is 260 g/mol. The van der Waals surface area contributed by atoms with Crippen LogP contribution in [-0.4, -0.2) is 4.57 Å². The van der Waals surface area contributed by atoms with Crippen molar-refractivity contribution in [1.82, 2.24) is 4.57 Å². The van der Waals surface area contributed by atoms with E-state index in [4.69, 9.17) is 5.26 Å². The first-order valence-corrected chi connectivity index (χ1v) is 6.56. The van der Waals surface area contributed by atoms with Gasteiger partial charge in [-0.05, 0) is 24.6 Å². The fourth-order valence-electron chi connectivity index (χ4n) is 2.52. The molecule has 4 nitrogen and oxygen atoms in total. The zero-order valence-corrected chi connectivity index (χ0v) is 11.8. The number of fused-ring (bicyclic) bond motifs is 1. The van der Waals surface area contributed by atoms with Gasteiger partial charge in [0.15, 0.2) is 11.0 Å². The maximum absolute atomic E-state index is 9.20. The van der Waals surface area contributed by atoms with Gasteiger partial charge in [-0.25, -0.2) is 4.57 Å². The lowest BCUT2D eigenvalue weighted by atomic mass is 10.1. The number of nitriles is 2. The molecule has 0 atom stereocenters. The van der Waals surface area contributed by atoms with Crippen molar-refractivity contribution in [2.75, 3.05) is 0 Å². The minimum Gasteiger partial charge on any atom is -0.232 e. The molecule has 2 aromatic carbocycles. The van der Waals surface area contributed by atoms with E-state index in [2.05, 4.69) is 18.2 Å². The van der Waals surface area contributed by atoms with Gasteiger partial charge in [0.25, 0.3) is 0 Å². The summed E-state index contributed by atoms with van der Waals surface area (Å²) < 4.78 is 3.99. The molecule has 0 aliphatic carbocycles. The highest BCUT2D eigenvalue weighted by atomic mass is 15.1. The summed E-state index contributed by atoms with van der Waals surface area (Å²) in [4.78, 5) is 0. The van der Waals surface area contributed by atoms with Crippen LogP contribution in [0.2, 0.25) is 0 Å². The lowest BCUT2D eigenvalue weighted by Crippen LogP contribution is -2.25. The molecule has 0 saturated carbocycles. The second-order valence-electron chi connectivity index (χ2n) is 5.05. The van der Waals surface area contributed by atoms with Gasteiger partial charge in [0.1, 0.15) is 17.8 Å². The average Bonchev–Trinajstić information content (AvgIpc) is 2.82. The van der Waals surface area contributed by atoms with Crippen LogP contribution in [0.1, 0.15) is 16.7 Å². The molecule has 0 radical (unpaired) electrons. The van der Waals surface area contributed by atoms with Crippen LogP contribution in [0, 0.1) is 29.6 Å². The minimum absolute atomic E-state index is 0.401. The van der Waals surface area contributed by atoms with E-state index < -0.39 is 0 Å². The topological polar surface area (TPSA) is 56.4 Å². The summed E-state index contributed by atoms with van der Waals surface area (Å²) in [7, 11) is 1.93. The third-order valence-electron chi connectivity index (χ3n) is 3.56. The van der Waals surface area contributed by atoms with E-state index in [9.17, 15) is 5.26 Å². The average molecular weight is 273 g/mol. The van der Waals surface area contributed by atoms with Crippen LogP contribution >= 0.6 is 0 Å². The van der Waals surface area contributed by atoms with E-state index in [0.29, 0.717) is 11.1 Å². The lowest BCUT2D eigenvalue weighted by Gasteiger charge is -1.99. The standard InChI is InChI=1S/C17H13N4/c1-12-4-3-5-15(6-12)21-11-20(2)16-7-13(9-18)14(10-19)8-17(16)21/h3-8,11H,1-2H3/q+1. The Kier molecular flexibility index (Phi) is 2.93. The van der Waals surface area contributed by atoms with Gasteiger partial charge in [0.2, 0.25) is 6.33 Å². The maximum Gasteiger partial charge on any atom is 0.249 e. The number of aryl methyl sites for hydroxylation is 2. The van der Waals surface area contributed by atoms with Gasteiger partial charge < -0.3 is 0 Å². The molecule has 0 unspecified atom stereocenters. The van der Waals surface area contributed by atoms with E-state index in [1.807, 2.05) is 47.6 Å². The van der Waals surface area contributed by atoms with Crippen molar-refractivity contribution in [3.63, 3.8) is 0 Å². The third kappa shape index (κ3) is 2.04. The van der Waals surface area contributed by atoms with E-state index in [1.165, 1.54) is 5.56 Å². The zero-order chi connectivity index (χ0) is 15.0. The number of aromatic nitrogens is 2. The molecule has 0 amide bonds. The Morgan fingerprint density at radius 3 is 2.43 bits per heavy atom. The van der Waals surface area contributed by atoms with Crippen LogP contribution in [0.15, 0.2) is 42.7 Å². The largest absolute Gasteiger partial charge is 0.249 e. The molecule has 0 fully saturated rings. The number of hydrogen-bond donors (Lipinski definition) is 0. The van der Waals surface area contributed by atoms with Gasteiger partial charge in [-0.3, -0.25) is 0 Å². The lowest BCUT2D eigenvalue weighted by molar-refractivity contribution is -0.645. The molecule has 0 bridgehead atoms. The fourth-order valence-corrected chi connectivity index (χ4v) is 2.52. The predicted octanol–water partition coefficient (Wildman–Crippen LogP) is 2.51. The molecule has 0 N–H and O–H groups in total. The summed E-state index contributed by atoms with van der Waals surface area (Å²) >= 11 is 0. The van der Waals surface area contributed by atoms with Crippen LogP contribution in [-0.2, 0) is 7.05 Å². The molecule has 0 spiro atoms. The number of imidazole rings is 1. The highest BCUT2D eigenvalue weighted by Crippen LogP contribution is 2.21. The van der Waals surface area contributed by atoms with E-state index in [1.54, 1.807) is 12.1 Å². The van der Waals surface area contributed by atoms with Crippen molar-refractivity contribution in [2.45, 2.75) is 6.92 Å². The summed E-state index contributed by atoms with van der Waals surface area (Å²) in [5.74, 6) is 0. The van der Waals surface area contributed by atoms with E-state index >= 15 is 0 Å². The maximum atomic E-state index is 9.20. The van der Waals surface area contributed by atoms with Gasteiger partial charge in [-0.1, -0.05) is 12.1 Å². The second kappa shape index (κ2) is 4.77. The Bertz CT molecular complexity index is 936. The van der Waals surface area contributed by atoms with Crippen LogP contribution in [0.25, 0.3) is 16.7 Å². The molecule has 3 aromatic rings. The highest BCUT2D eigenvalue weighted by molar-refractivity contribution is 5.78. The monoisotopic (exact) mass is 273 g/mol. The number of nitrogens with zero attached hydrogens (tertiary/aromatic N) is 4. The molecule has 4 heteroatoms. The zero-order valence-electron chi connectivity index (χ0n) is 11.8. The van der Waals surface area contributed by atoms with Crippen molar-refractivity contribution >= 4 is 11.0 Å². The number of hydrogen-bond acceptors (Lipinski definition) is 2. The van der Waals surface area contributed by atoms with E-state index in [0.717, 1.165) is 16.7 Å². The normalized spacial score (nSPS) is 10.3. The molecule has 3 rings (SSSR count). The number of rotatable bonds is 1. The summed E-state index contributed by atoms with van der Waals surface area (Å²) in [6.07, 6.45) is 1.96. The third-order valence-corrected chi connectivity index (χ3v) is 3.56. The van der Waals surface area contributed by atoms with Crippen LogP contribution in [0.5, 0.6) is 0 Å². The summed E-state index contributed by atoms with van der Waals surface area (Å²) in [5.41, 5.74) is 4.85. The van der Waals surface area contributed by atoms with Gasteiger partial charge in [0.05, 0.1) is 18.2 Å².